The smallest absolute Gasteiger partial charge is 0.247 e. The van der Waals surface area contributed by atoms with E-state index in [4.69, 9.17) is 16.3 Å². The highest BCUT2D eigenvalue weighted by atomic mass is 35.5. The molecule has 0 bridgehead atoms. The Morgan fingerprint density at radius 2 is 2.05 bits per heavy atom. The first-order chi connectivity index (χ1) is 20.5. The van der Waals surface area contributed by atoms with Crippen molar-refractivity contribution >= 4 is 47.1 Å². The van der Waals surface area contributed by atoms with E-state index in [0.717, 1.165) is 24.9 Å². The van der Waals surface area contributed by atoms with Gasteiger partial charge in [0.1, 0.15) is 23.7 Å². The predicted octanol–water partition coefficient (Wildman–Crippen LogP) is 5.18. The van der Waals surface area contributed by atoms with E-state index in [1.165, 1.54) is 12.3 Å². The van der Waals surface area contributed by atoms with E-state index < -0.39 is 7.14 Å². The number of ether oxygens (including phenoxy) is 1. The second-order valence-corrected chi connectivity index (χ2v) is 14.5. The zero-order valence-electron chi connectivity index (χ0n) is 25.3. The van der Waals surface area contributed by atoms with E-state index in [1.54, 1.807) is 20.4 Å². The number of hydrogen-bond acceptors (Lipinski definition) is 8. The minimum atomic E-state index is -2.56. The molecule has 0 saturated carbocycles. The Labute approximate surface area is 259 Å². The SMILES string of the molecule is C=CC(=O)Nc1cc(Cc2ncc(Cl)c(Nc3ccccc3P(C)(C)=O)n2)c(OC)cc1C#CCN1CCCC1N(C)C. The minimum Gasteiger partial charge on any atom is -0.496 e. The number of nitrogens with one attached hydrogen (secondary N) is 2. The average Bonchev–Trinajstić information content (AvgIpc) is 3.44. The lowest BCUT2D eigenvalue weighted by Crippen LogP contribution is -2.40. The van der Waals surface area contributed by atoms with Crippen LogP contribution in [0.5, 0.6) is 5.75 Å². The molecule has 2 aromatic carbocycles. The molecule has 9 nitrogen and oxygen atoms in total. The molecule has 11 heteroatoms. The third kappa shape index (κ3) is 8.25. The van der Waals surface area contributed by atoms with Gasteiger partial charge in [-0.25, -0.2) is 9.97 Å². The summed E-state index contributed by atoms with van der Waals surface area (Å²) in [7, 11) is 3.20. The molecule has 1 atom stereocenters. The van der Waals surface area contributed by atoms with Crippen LogP contribution in [0.15, 0.2) is 55.3 Å². The molecule has 1 unspecified atom stereocenters. The average molecular weight is 621 g/mol. The number of carbonyl (C=O) groups is 1. The Morgan fingerprint density at radius 1 is 1.28 bits per heavy atom. The van der Waals surface area contributed by atoms with Crippen molar-refractivity contribution in [2.45, 2.75) is 25.4 Å². The summed E-state index contributed by atoms with van der Waals surface area (Å²) in [5, 5.41) is 7.14. The zero-order valence-corrected chi connectivity index (χ0v) is 26.9. The van der Waals surface area contributed by atoms with Gasteiger partial charge < -0.3 is 19.9 Å². The largest absolute Gasteiger partial charge is 0.496 e. The quantitative estimate of drug-likeness (QED) is 0.182. The molecule has 226 valence electrons. The van der Waals surface area contributed by atoms with Crippen LogP contribution in [0.2, 0.25) is 5.02 Å². The number of likely N-dealkylation sites (tertiary alicyclic amines) is 1. The summed E-state index contributed by atoms with van der Waals surface area (Å²) in [6, 6.07) is 11.0. The molecular weight excluding hydrogens is 583 g/mol. The first kappa shape index (κ1) is 32.2. The van der Waals surface area contributed by atoms with Crippen LogP contribution in [0.4, 0.5) is 17.2 Å². The lowest BCUT2D eigenvalue weighted by Gasteiger charge is -2.28. The number of anilines is 3. The predicted molar refractivity (Wildman–Crippen MR) is 176 cm³/mol. The summed E-state index contributed by atoms with van der Waals surface area (Å²) in [4.78, 5) is 26.0. The number of nitrogens with zero attached hydrogens (tertiary/aromatic N) is 4. The number of aromatic nitrogens is 2. The minimum absolute atomic E-state index is 0.291. The van der Waals surface area contributed by atoms with Gasteiger partial charge in [-0.05, 0) is 70.6 Å². The summed E-state index contributed by atoms with van der Waals surface area (Å²) in [6.45, 7) is 8.63. The van der Waals surface area contributed by atoms with Crippen LogP contribution in [0, 0.1) is 11.8 Å². The Hall–Kier alpha value is -3.67. The number of halogens is 1. The first-order valence-electron chi connectivity index (χ1n) is 14.0. The second kappa shape index (κ2) is 14.2. The fraction of sp³-hybridized carbons (Fsp3) is 0.344. The van der Waals surface area contributed by atoms with Gasteiger partial charge in [0.25, 0.3) is 0 Å². The molecule has 4 rings (SSSR count). The van der Waals surface area contributed by atoms with Crippen LogP contribution in [0.1, 0.15) is 29.8 Å². The van der Waals surface area contributed by atoms with Crippen molar-refractivity contribution in [3.8, 4) is 17.6 Å². The molecule has 3 aromatic rings. The van der Waals surface area contributed by atoms with Gasteiger partial charge in [-0.2, -0.15) is 0 Å². The molecule has 2 N–H and O–H groups in total. The van der Waals surface area contributed by atoms with E-state index in [2.05, 4.69) is 62.9 Å². The van der Waals surface area contributed by atoms with E-state index in [0.29, 0.717) is 63.8 Å². The number of benzene rings is 2. The normalized spacial score (nSPS) is 15.1. The van der Waals surface area contributed by atoms with Gasteiger partial charge in [-0.1, -0.05) is 42.2 Å². The Morgan fingerprint density at radius 3 is 2.74 bits per heavy atom. The topological polar surface area (TPSA) is 99.7 Å². The third-order valence-electron chi connectivity index (χ3n) is 7.17. The maximum Gasteiger partial charge on any atom is 0.247 e. The van der Waals surface area contributed by atoms with Gasteiger partial charge in [-0.3, -0.25) is 14.6 Å². The summed E-state index contributed by atoms with van der Waals surface area (Å²) in [5.74, 6) is 7.63. The van der Waals surface area contributed by atoms with Crippen LogP contribution in [-0.2, 0) is 15.8 Å². The molecule has 1 saturated heterocycles. The van der Waals surface area contributed by atoms with Gasteiger partial charge in [0.05, 0.1) is 43.0 Å². The second-order valence-electron chi connectivity index (χ2n) is 10.9. The number of para-hydroxylation sites is 1. The number of carbonyl (C=O) groups excluding carboxylic acids is 1. The van der Waals surface area contributed by atoms with Crippen molar-refractivity contribution in [1.29, 1.82) is 0 Å². The van der Waals surface area contributed by atoms with Crippen molar-refractivity contribution in [1.82, 2.24) is 19.8 Å². The molecule has 1 aliphatic rings. The van der Waals surface area contributed by atoms with E-state index >= 15 is 0 Å². The third-order valence-corrected chi connectivity index (χ3v) is 9.00. The number of methoxy groups -OCH3 is 1. The number of hydrogen-bond donors (Lipinski definition) is 2. The van der Waals surface area contributed by atoms with Crippen LogP contribution in [0.25, 0.3) is 0 Å². The molecule has 1 amide bonds. The van der Waals surface area contributed by atoms with Gasteiger partial charge in [0.2, 0.25) is 5.91 Å². The fourth-order valence-electron chi connectivity index (χ4n) is 5.08. The highest BCUT2D eigenvalue weighted by molar-refractivity contribution is 7.70. The molecule has 0 aliphatic carbocycles. The number of rotatable bonds is 10. The Balaban J connectivity index is 1.64. The van der Waals surface area contributed by atoms with Crippen LogP contribution < -0.4 is 20.7 Å². The van der Waals surface area contributed by atoms with E-state index in [9.17, 15) is 9.36 Å². The molecule has 1 aliphatic heterocycles. The summed E-state index contributed by atoms with van der Waals surface area (Å²) < 4.78 is 18.6. The highest BCUT2D eigenvalue weighted by Gasteiger charge is 2.25. The van der Waals surface area contributed by atoms with Crippen molar-refractivity contribution in [3.05, 3.63) is 77.2 Å². The maximum atomic E-state index is 12.9. The van der Waals surface area contributed by atoms with Gasteiger partial charge in [0, 0.05) is 23.8 Å². The monoisotopic (exact) mass is 620 g/mol. The molecule has 1 aromatic heterocycles. The summed E-state index contributed by atoms with van der Waals surface area (Å²) in [5.41, 5.74) is 2.60. The standard InChI is InChI=1S/C32H38ClN6O3P/c1-7-30(40)35-26-18-23(27(42-4)19-22(26)12-10-16-39-17-11-15-31(39)38(2)3)20-29-34-21-24(33)32(37-29)36-25-13-8-9-14-28(25)43(5,6)41/h7-9,13-14,18-19,21,31H,1,11,15-17,20H2,2-6H3,(H,35,40)(H,34,36,37). The van der Waals surface area contributed by atoms with Crippen molar-refractivity contribution in [2.75, 3.05) is 58.3 Å². The lowest BCUT2D eigenvalue weighted by molar-refractivity contribution is -0.111. The van der Waals surface area contributed by atoms with Crippen molar-refractivity contribution < 1.29 is 14.1 Å². The Bertz CT molecular complexity index is 1610. The lowest BCUT2D eigenvalue weighted by atomic mass is 10.0. The molecule has 0 spiro atoms. The first-order valence-corrected chi connectivity index (χ1v) is 16.9. The van der Waals surface area contributed by atoms with E-state index in [-0.39, 0.29) is 5.91 Å². The van der Waals surface area contributed by atoms with Crippen LogP contribution in [0.3, 0.4) is 0 Å². The number of amides is 1. The van der Waals surface area contributed by atoms with Crippen molar-refractivity contribution in [2.24, 2.45) is 0 Å². The van der Waals surface area contributed by atoms with Gasteiger partial charge >= 0.3 is 0 Å². The van der Waals surface area contributed by atoms with Crippen LogP contribution >= 0.6 is 18.7 Å². The highest BCUT2D eigenvalue weighted by Crippen LogP contribution is 2.38. The molecule has 2 heterocycles. The fourth-order valence-corrected chi connectivity index (χ4v) is 6.37. The van der Waals surface area contributed by atoms with Gasteiger partial charge in [-0.15, -0.1) is 0 Å². The molecule has 0 radical (unpaired) electrons. The zero-order chi connectivity index (χ0) is 31.1. The molecule has 43 heavy (non-hydrogen) atoms. The molecule has 1 fully saturated rings. The maximum absolute atomic E-state index is 12.9. The van der Waals surface area contributed by atoms with Crippen LogP contribution in [-0.4, -0.2) is 79.5 Å². The summed E-state index contributed by atoms with van der Waals surface area (Å²) >= 11 is 6.46. The summed E-state index contributed by atoms with van der Waals surface area (Å²) in [6.07, 6.45) is 5.66. The Kier molecular flexibility index (Phi) is 10.6. The van der Waals surface area contributed by atoms with Crippen molar-refractivity contribution in [3.63, 3.8) is 0 Å². The van der Waals surface area contributed by atoms with E-state index in [1.807, 2.05) is 36.4 Å². The van der Waals surface area contributed by atoms with Gasteiger partial charge in [0.15, 0.2) is 5.82 Å². The molecular formula is C32H38ClN6O3P.